The van der Waals surface area contributed by atoms with Crippen LogP contribution in [0.3, 0.4) is 0 Å². The zero-order valence-corrected chi connectivity index (χ0v) is 25.8. The summed E-state index contributed by atoms with van der Waals surface area (Å²) in [4.78, 5) is 13.1. The number of rotatable bonds is 18. The van der Waals surface area contributed by atoms with Gasteiger partial charge in [-0.2, -0.15) is 5.26 Å². The molecule has 0 aliphatic rings. The van der Waals surface area contributed by atoms with Gasteiger partial charge in [-0.25, -0.2) is 4.79 Å². The van der Waals surface area contributed by atoms with Gasteiger partial charge in [-0.3, -0.25) is 0 Å². The third kappa shape index (κ3) is 9.74. The van der Waals surface area contributed by atoms with Crippen molar-refractivity contribution >= 4 is 5.97 Å². The van der Waals surface area contributed by atoms with Crippen LogP contribution in [-0.4, -0.2) is 24.3 Å². The molecule has 0 radical (unpaired) electrons. The number of benzene rings is 3. The van der Waals surface area contributed by atoms with Gasteiger partial charge < -0.3 is 18.7 Å². The van der Waals surface area contributed by atoms with Gasteiger partial charge in [0.15, 0.2) is 17.3 Å². The number of hydrogen-bond donors (Lipinski definition) is 0. The molecule has 1 heterocycles. The average molecular weight is 595 g/mol. The zero-order valence-electron chi connectivity index (χ0n) is 25.8. The van der Waals surface area contributed by atoms with E-state index in [4.69, 9.17) is 24.0 Å². The van der Waals surface area contributed by atoms with E-state index in [0.29, 0.717) is 53.0 Å². The Hall–Kier alpha value is -4.57. The maximum atomic E-state index is 13.1. The van der Waals surface area contributed by atoms with Crippen molar-refractivity contribution in [3.63, 3.8) is 0 Å². The van der Waals surface area contributed by atoms with E-state index in [1.807, 2.05) is 30.3 Å². The lowest BCUT2D eigenvalue weighted by Gasteiger charge is -2.14. The molecule has 0 aliphatic carbocycles. The van der Waals surface area contributed by atoms with E-state index in [1.54, 1.807) is 42.5 Å². The highest BCUT2D eigenvalue weighted by atomic mass is 16.5. The Balaban J connectivity index is 1.38. The smallest absolute Gasteiger partial charge is 0.343 e. The van der Waals surface area contributed by atoms with Crippen LogP contribution in [0.4, 0.5) is 0 Å². The van der Waals surface area contributed by atoms with Crippen molar-refractivity contribution in [1.29, 1.82) is 5.26 Å². The molecule has 230 valence electrons. The van der Waals surface area contributed by atoms with Gasteiger partial charge in [0, 0.05) is 17.2 Å². The van der Waals surface area contributed by atoms with E-state index in [1.165, 1.54) is 38.5 Å². The van der Waals surface area contributed by atoms with E-state index >= 15 is 0 Å². The summed E-state index contributed by atoms with van der Waals surface area (Å²) in [5.41, 5.74) is 3.28. The Labute approximate surface area is 260 Å². The van der Waals surface area contributed by atoms with Gasteiger partial charge in [0.25, 0.3) is 0 Å². The highest BCUT2D eigenvalue weighted by molar-refractivity contribution is 5.92. The van der Waals surface area contributed by atoms with Gasteiger partial charge in [0.05, 0.1) is 30.4 Å². The second kappa shape index (κ2) is 17.5. The van der Waals surface area contributed by atoms with Crippen LogP contribution < -0.4 is 14.2 Å². The van der Waals surface area contributed by atoms with Gasteiger partial charge in [-0.15, -0.1) is 0 Å². The summed E-state index contributed by atoms with van der Waals surface area (Å²) < 4.78 is 23.4. The second-order valence-corrected chi connectivity index (χ2v) is 10.9. The van der Waals surface area contributed by atoms with E-state index in [-0.39, 0.29) is 0 Å². The molecular formula is C37H42N2O5. The summed E-state index contributed by atoms with van der Waals surface area (Å²) in [6.07, 6.45) is 11.5. The number of nitriles is 1. The number of carbonyl (C=O) groups excluding carboxylic acids is 1. The average Bonchev–Trinajstić information content (AvgIpc) is 3.55. The molecule has 4 rings (SSSR count). The predicted octanol–water partition coefficient (Wildman–Crippen LogP) is 9.80. The lowest BCUT2D eigenvalue weighted by molar-refractivity contribution is 0.0734. The van der Waals surface area contributed by atoms with Crippen molar-refractivity contribution in [2.24, 2.45) is 0 Å². The zero-order chi connectivity index (χ0) is 31.0. The molecule has 0 N–H and O–H groups in total. The SMILES string of the molecule is CCCCCCCOc1ccc(C(=O)Oc2ccc(-c3cc(-c4ccc(C#N)cc4)on3)cc2)cc1OCCCCCCC. The maximum absolute atomic E-state index is 13.1. The van der Waals surface area contributed by atoms with Crippen LogP contribution in [0, 0.1) is 11.3 Å². The Morgan fingerprint density at radius 2 is 1.34 bits per heavy atom. The molecule has 4 aromatic rings. The molecule has 0 unspecified atom stereocenters. The first kappa shape index (κ1) is 32.3. The molecule has 44 heavy (non-hydrogen) atoms. The molecular weight excluding hydrogens is 552 g/mol. The molecule has 0 saturated carbocycles. The predicted molar refractivity (Wildman–Crippen MR) is 172 cm³/mol. The van der Waals surface area contributed by atoms with Gasteiger partial charge in [0.2, 0.25) is 0 Å². The van der Waals surface area contributed by atoms with Crippen LogP contribution >= 0.6 is 0 Å². The lowest BCUT2D eigenvalue weighted by atomic mass is 10.1. The van der Waals surface area contributed by atoms with Crippen LogP contribution in [0.25, 0.3) is 22.6 Å². The molecule has 7 heteroatoms. The first-order valence-corrected chi connectivity index (χ1v) is 15.8. The summed E-state index contributed by atoms with van der Waals surface area (Å²) in [5, 5.41) is 13.2. The number of nitrogens with zero attached hydrogens (tertiary/aromatic N) is 2. The highest BCUT2D eigenvalue weighted by Crippen LogP contribution is 2.31. The Kier molecular flexibility index (Phi) is 12.9. The van der Waals surface area contributed by atoms with Crippen LogP contribution in [0.5, 0.6) is 17.2 Å². The van der Waals surface area contributed by atoms with Crippen LogP contribution in [0.15, 0.2) is 77.3 Å². The third-order valence-electron chi connectivity index (χ3n) is 7.36. The van der Waals surface area contributed by atoms with Crippen LogP contribution in [0.2, 0.25) is 0 Å². The largest absolute Gasteiger partial charge is 0.490 e. The summed E-state index contributed by atoms with van der Waals surface area (Å²) >= 11 is 0. The van der Waals surface area contributed by atoms with E-state index in [2.05, 4.69) is 25.1 Å². The van der Waals surface area contributed by atoms with Crippen LogP contribution in [0.1, 0.15) is 94.0 Å². The number of aromatic nitrogens is 1. The van der Waals surface area contributed by atoms with E-state index in [0.717, 1.165) is 36.8 Å². The van der Waals surface area contributed by atoms with Gasteiger partial charge >= 0.3 is 5.97 Å². The standard InChI is InChI=1S/C37H42N2O5/c1-3-5-7-9-11-23-41-34-22-19-31(25-36(34)42-24-12-10-8-6-4-2)37(40)43-32-20-17-29(18-21-32)33-26-35(44-39-33)30-15-13-28(27-38)14-16-30/h13-22,25-26H,3-12,23-24H2,1-2H3. The minimum atomic E-state index is -0.471. The number of ether oxygens (including phenoxy) is 3. The van der Waals surface area contributed by atoms with Crippen molar-refractivity contribution in [1.82, 2.24) is 5.16 Å². The Bertz CT molecular complexity index is 1490. The molecule has 1 aromatic heterocycles. The first-order chi connectivity index (χ1) is 21.6. The fourth-order valence-corrected chi connectivity index (χ4v) is 4.76. The van der Waals surface area contributed by atoms with Gasteiger partial charge in [0.1, 0.15) is 11.4 Å². The fraction of sp³-hybridized carbons (Fsp3) is 0.378. The van der Waals surface area contributed by atoms with Crippen molar-refractivity contribution in [3.05, 3.63) is 83.9 Å². The van der Waals surface area contributed by atoms with Crippen molar-refractivity contribution in [2.75, 3.05) is 13.2 Å². The Morgan fingerprint density at radius 3 is 1.98 bits per heavy atom. The number of carbonyl (C=O) groups is 1. The fourth-order valence-electron chi connectivity index (χ4n) is 4.76. The summed E-state index contributed by atoms with van der Waals surface area (Å²) in [6, 6.07) is 23.4. The molecule has 0 saturated heterocycles. The van der Waals surface area contributed by atoms with Gasteiger partial charge in [-0.1, -0.05) is 70.4 Å². The first-order valence-electron chi connectivity index (χ1n) is 15.8. The van der Waals surface area contributed by atoms with E-state index in [9.17, 15) is 4.79 Å². The minimum Gasteiger partial charge on any atom is -0.490 e. The van der Waals surface area contributed by atoms with E-state index < -0.39 is 5.97 Å². The molecule has 0 amide bonds. The number of hydrogen-bond acceptors (Lipinski definition) is 7. The minimum absolute atomic E-state index is 0.397. The molecule has 0 aliphatic heterocycles. The molecule has 0 bridgehead atoms. The topological polar surface area (TPSA) is 94.6 Å². The lowest BCUT2D eigenvalue weighted by Crippen LogP contribution is -2.10. The monoisotopic (exact) mass is 594 g/mol. The summed E-state index contributed by atoms with van der Waals surface area (Å²) in [6.45, 7) is 5.60. The highest BCUT2D eigenvalue weighted by Gasteiger charge is 2.15. The van der Waals surface area contributed by atoms with Gasteiger partial charge in [-0.05, 0) is 79.6 Å². The van der Waals surface area contributed by atoms with Crippen molar-refractivity contribution in [2.45, 2.75) is 78.1 Å². The molecule has 0 atom stereocenters. The summed E-state index contributed by atoms with van der Waals surface area (Å²) in [5.74, 6) is 1.77. The normalized spacial score (nSPS) is 10.8. The number of esters is 1. The molecule has 3 aromatic carbocycles. The van der Waals surface area contributed by atoms with Crippen molar-refractivity contribution < 1.29 is 23.5 Å². The number of unbranched alkanes of at least 4 members (excludes halogenated alkanes) is 8. The Morgan fingerprint density at radius 1 is 0.727 bits per heavy atom. The van der Waals surface area contributed by atoms with Crippen LogP contribution in [-0.2, 0) is 0 Å². The quantitative estimate of drug-likeness (QED) is 0.0643. The molecule has 0 fully saturated rings. The molecule has 0 spiro atoms. The third-order valence-corrected chi connectivity index (χ3v) is 7.36. The second-order valence-electron chi connectivity index (χ2n) is 10.9. The van der Waals surface area contributed by atoms with Crippen molar-refractivity contribution in [3.8, 4) is 45.9 Å². The molecule has 7 nitrogen and oxygen atoms in total. The summed E-state index contributed by atoms with van der Waals surface area (Å²) in [7, 11) is 0. The maximum Gasteiger partial charge on any atom is 0.343 e.